The standard InChI is InChI=1S/C24H26N4O2S/c1-3-4-15-28-22(21(26-24(28)31)18-11-7-8-14-25-18)20-13-9-16-27(20)19-12-6-5-10-17(19)23(29)30-2/h5-14,16,21-22H,3-4,15H2,1-2H3,(H,26,31)/t21-,22-/m0/s1. The van der Waals surface area contributed by atoms with Crippen molar-refractivity contribution in [2.24, 2.45) is 0 Å². The summed E-state index contributed by atoms with van der Waals surface area (Å²) in [4.78, 5) is 19.3. The van der Waals surface area contributed by atoms with E-state index >= 15 is 0 Å². The second-order valence-corrected chi connectivity index (χ2v) is 7.87. The van der Waals surface area contributed by atoms with Crippen LogP contribution in [0.25, 0.3) is 5.69 Å². The topological polar surface area (TPSA) is 59.4 Å². The van der Waals surface area contributed by atoms with E-state index in [9.17, 15) is 4.79 Å². The highest BCUT2D eigenvalue weighted by molar-refractivity contribution is 7.80. The second kappa shape index (κ2) is 9.31. The third kappa shape index (κ3) is 4.05. The molecule has 3 aromatic rings. The molecule has 1 N–H and O–H groups in total. The molecule has 0 aliphatic carbocycles. The molecule has 160 valence electrons. The van der Waals surface area contributed by atoms with E-state index in [2.05, 4.69) is 32.8 Å². The number of rotatable bonds is 7. The summed E-state index contributed by atoms with van der Waals surface area (Å²) in [6, 6.07) is 17.3. The Hall–Kier alpha value is -3.19. The van der Waals surface area contributed by atoms with Crippen molar-refractivity contribution < 1.29 is 9.53 Å². The van der Waals surface area contributed by atoms with Crippen molar-refractivity contribution in [3.63, 3.8) is 0 Å². The number of nitrogens with zero attached hydrogens (tertiary/aromatic N) is 3. The van der Waals surface area contributed by atoms with Crippen molar-refractivity contribution in [1.29, 1.82) is 0 Å². The van der Waals surface area contributed by atoms with Crippen LogP contribution < -0.4 is 5.32 Å². The number of ether oxygens (including phenoxy) is 1. The lowest BCUT2D eigenvalue weighted by Crippen LogP contribution is -2.31. The van der Waals surface area contributed by atoms with Crippen molar-refractivity contribution in [1.82, 2.24) is 19.8 Å². The van der Waals surface area contributed by atoms with Crippen LogP contribution in [0.4, 0.5) is 0 Å². The molecule has 1 fully saturated rings. The van der Waals surface area contributed by atoms with Crippen LogP contribution in [-0.2, 0) is 4.74 Å². The predicted molar refractivity (Wildman–Crippen MR) is 124 cm³/mol. The fourth-order valence-electron chi connectivity index (χ4n) is 4.12. The number of benzene rings is 1. The van der Waals surface area contributed by atoms with Crippen LogP contribution >= 0.6 is 12.2 Å². The Kier molecular flexibility index (Phi) is 6.32. The molecule has 1 saturated heterocycles. The van der Waals surface area contributed by atoms with Gasteiger partial charge in [-0.1, -0.05) is 31.5 Å². The van der Waals surface area contributed by atoms with Gasteiger partial charge in [0.15, 0.2) is 5.11 Å². The van der Waals surface area contributed by atoms with Gasteiger partial charge in [-0.2, -0.15) is 0 Å². The van der Waals surface area contributed by atoms with Gasteiger partial charge in [-0.15, -0.1) is 0 Å². The maximum Gasteiger partial charge on any atom is 0.339 e. The SMILES string of the molecule is CCCCN1C(=S)N[C@@H](c2ccccn2)[C@@H]1c1cccn1-c1ccccc1C(=O)OC. The van der Waals surface area contributed by atoms with Gasteiger partial charge < -0.3 is 19.5 Å². The first-order valence-corrected chi connectivity index (χ1v) is 10.9. The number of esters is 1. The first-order chi connectivity index (χ1) is 15.2. The lowest BCUT2D eigenvalue weighted by molar-refractivity contribution is 0.0600. The van der Waals surface area contributed by atoms with E-state index in [1.807, 2.05) is 48.7 Å². The minimum absolute atomic E-state index is 0.0605. The number of nitrogens with one attached hydrogen (secondary N) is 1. The molecule has 1 aliphatic rings. The van der Waals surface area contributed by atoms with Gasteiger partial charge >= 0.3 is 5.97 Å². The number of carbonyl (C=O) groups is 1. The fourth-order valence-corrected chi connectivity index (χ4v) is 4.45. The van der Waals surface area contributed by atoms with E-state index < -0.39 is 0 Å². The van der Waals surface area contributed by atoms with Crippen LogP contribution in [-0.4, -0.2) is 39.2 Å². The summed E-state index contributed by atoms with van der Waals surface area (Å²) in [6.07, 6.45) is 5.89. The van der Waals surface area contributed by atoms with Gasteiger partial charge in [0.05, 0.1) is 36.1 Å². The third-order valence-corrected chi connectivity index (χ3v) is 5.95. The maximum atomic E-state index is 12.4. The molecular formula is C24H26N4O2S. The Morgan fingerprint density at radius 1 is 1.16 bits per heavy atom. The summed E-state index contributed by atoms with van der Waals surface area (Å²) >= 11 is 5.73. The molecule has 0 saturated carbocycles. The number of unbranched alkanes of at least 4 members (excludes halogenated alkanes) is 1. The Balaban J connectivity index is 1.83. The molecule has 0 amide bonds. The Morgan fingerprint density at radius 2 is 1.97 bits per heavy atom. The normalized spacial score (nSPS) is 18.1. The smallest absolute Gasteiger partial charge is 0.339 e. The van der Waals surface area contributed by atoms with E-state index in [4.69, 9.17) is 17.0 Å². The molecule has 7 heteroatoms. The Bertz CT molecular complexity index is 1070. The largest absolute Gasteiger partial charge is 0.465 e. The molecule has 0 unspecified atom stereocenters. The molecule has 6 nitrogen and oxygen atoms in total. The van der Waals surface area contributed by atoms with E-state index in [1.165, 1.54) is 7.11 Å². The summed E-state index contributed by atoms with van der Waals surface area (Å²) in [5.74, 6) is -0.362. The highest BCUT2D eigenvalue weighted by atomic mass is 32.1. The van der Waals surface area contributed by atoms with Crippen LogP contribution in [0.1, 0.15) is 53.6 Å². The summed E-state index contributed by atoms with van der Waals surface area (Å²) in [7, 11) is 1.40. The average Bonchev–Trinajstić information content (AvgIpc) is 3.41. The van der Waals surface area contributed by atoms with Gasteiger partial charge in [-0.25, -0.2) is 4.79 Å². The number of pyridine rings is 1. The molecule has 0 spiro atoms. The lowest BCUT2D eigenvalue weighted by atomic mass is 10.0. The van der Waals surface area contributed by atoms with Crippen LogP contribution in [0.15, 0.2) is 67.0 Å². The van der Waals surface area contributed by atoms with E-state index in [1.54, 1.807) is 12.3 Å². The molecule has 31 heavy (non-hydrogen) atoms. The summed E-state index contributed by atoms with van der Waals surface area (Å²) in [5, 5.41) is 4.21. The van der Waals surface area contributed by atoms with Gasteiger partial charge in [0, 0.05) is 24.6 Å². The number of methoxy groups -OCH3 is 1. The number of aromatic nitrogens is 2. The number of thiocarbonyl (C=S) groups is 1. The number of carbonyl (C=O) groups excluding carboxylic acids is 1. The average molecular weight is 435 g/mol. The molecular weight excluding hydrogens is 408 g/mol. The summed E-state index contributed by atoms with van der Waals surface area (Å²) in [6.45, 7) is 3.02. The van der Waals surface area contributed by atoms with E-state index in [-0.39, 0.29) is 18.1 Å². The molecule has 0 bridgehead atoms. The zero-order valence-corrected chi connectivity index (χ0v) is 18.5. The van der Waals surface area contributed by atoms with Gasteiger partial charge in [0.25, 0.3) is 0 Å². The second-order valence-electron chi connectivity index (χ2n) is 7.49. The van der Waals surface area contributed by atoms with Crippen molar-refractivity contribution in [3.05, 3.63) is 83.9 Å². The zero-order valence-electron chi connectivity index (χ0n) is 17.7. The molecule has 2 atom stereocenters. The van der Waals surface area contributed by atoms with Gasteiger partial charge in [-0.05, 0) is 55.0 Å². The molecule has 1 aromatic carbocycles. The fraction of sp³-hybridized carbons (Fsp3) is 0.292. The zero-order chi connectivity index (χ0) is 21.8. The highest BCUT2D eigenvalue weighted by Crippen LogP contribution is 2.40. The lowest BCUT2D eigenvalue weighted by Gasteiger charge is -2.29. The van der Waals surface area contributed by atoms with Crippen LogP contribution in [0.2, 0.25) is 0 Å². The minimum Gasteiger partial charge on any atom is -0.465 e. The third-order valence-electron chi connectivity index (χ3n) is 5.60. The summed E-state index contributed by atoms with van der Waals surface area (Å²) < 4.78 is 7.07. The molecule has 1 aliphatic heterocycles. The molecule has 0 radical (unpaired) electrons. The number of para-hydroxylation sites is 1. The van der Waals surface area contributed by atoms with Crippen LogP contribution in [0, 0.1) is 0 Å². The van der Waals surface area contributed by atoms with Crippen molar-refractivity contribution in [2.45, 2.75) is 31.8 Å². The highest BCUT2D eigenvalue weighted by Gasteiger charge is 2.41. The van der Waals surface area contributed by atoms with Gasteiger partial charge in [0.2, 0.25) is 0 Å². The van der Waals surface area contributed by atoms with Crippen molar-refractivity contribution in [3.8, 4) is 5.69 Å². The van der Waals surface area contributed by atoms with Gasteiger partial charge in [-0.3, -0.25) is 4.98 Å². The predicted octanol–water partition coefficient (Wildman–Crippen LogP) is 4.43. The minimum atomic E-state index is -0.362. The van der Waals surface area contributed by atoms with E-state index in [0.29, 0.717) is 5.56 Å². The quantitative estimate of drug-likeness (QED) is 0.438. The molecule has 3 heterocycles. The van der Waals surface area contributed by atoms with E-state index in [0.717, 1.165) is 41.6 Å². The Labute approximate surface area is 187 Å². The molecule has 4 rings (SSSR count). The summed E-state index contributed by atoms with van der Waals surface area (Å²) in [5.41, 5.74) is 3.27. The monoisotopic (exact) mass is 434 g/mol. The van der Waals surface area contributed by atoms with Crippen molar-refractivity contribution >= 4 is 23.3 Å². The van der Waals surface area contributed by atoms with Crippen molar-refractivity contribution in [2.75, 3.05) is 13.7 Å². The first-order valence-electron chi connectivity index (χ1n) is 10.5. The Morgan fingerprint density at radius 3 is 2.71 bits per heavy atom. The maximum absolute atomic E-state index is 12.4. The number of hydrogen-bond donors (Lipinski definition) is 1. The molecule has 2 aromatic heterocycles. The van der Waals surface area contributed by atoms with Crippen LogP contribution in [0.5, 0.6) is 0 Å². The van der Waals surface area contributed by atoms with Crippen LogP contribution in [0.3, 0.4) is 0 Å². The van der Waals surface area contributed by atoms with Gasteiger partial charge in [0.1, 0.15) is 0 Å². The first kappa shape index (κ1) is 21.1. The number of hydrogen-bond acceptors (Lipinski definition) is 4.